The molecule has 2 heterocycles. The van der Waals surface area contributed by atoms with E-state index in [1.165, 1.54) is 33.5 Å². The molecule has 0 amide bonds. The number of nitrogens with one attached hydrogen (secondary N) is 1. The third-order valence-corrected chi connectivity index (χ3v) is 8.08. The topological polar surface area (TPSA) is 24.9 Å². The maximum absolute atomic E-state index is 4.97. The van der Waals surface area contributed by atoms with E-state index in [1.807, 2.05) is 11.3 Å². The fourth-order valence-corrected chi connectivity index (χ4v) is 6.89. The lowest BCUT2D eigenvalue weighted by Gasteiger charge is -2.28. The van der Waals surface area contributed by atoms with E-state index in [2.05, 4.69) is 56.5 Å². The molecule has 2 unspecified atom stereocenters. The van der Waals surface area contributed by atoms with Crippen LogP contribution in [0, 0.1) is 0 Å². The highest BCUT2D eigenvalue weighted by atomic mass is 32.2. The number of hydrogen-bond donors (Lipinski definition) is 1. The zero-order chi connectivity index (χ0) is 14.5. The van der Waals surface area contributed by atoms with Gasteiger partial charge in [0.05, 0.1) is 10.9 Å². The summed E-state index contributed by atoms with van der Waals surface area (Å²) < 4.78 is 0. The molecular weight excluding hydrogens is 304 g/mol. The van der Waals surface area contributed by atoms with Gasteiger partial charge in [-0.3, -0.25) is 0 Å². The molecule has 1 aromatic heterocycles. The molecule has 1 saturated heterocycles. The third kappa shape index (κ3) is 4.15. The molecule has 114 valence electrons. The fourth-order valence-electron chi connectivity index (χ4n) is 2.37. The van der Waals surface area contributed by atoms with Crippen molar-refractivity contribution >= 4 is 34.9 Å². The highest BCUT2D eigenvalue weighted by Crippen LogP contribution is 2.45. The zero-order valence-electron chi connectivity index (χ0n) is 12.9. The molecular formula is C15H26N2S3. The molecule has 0 spiro atoms. The maximum Gasteiger partial charge on any atom is 0.107 e. The first-order chi connectivity index (χ1) is 9.65. The lowest BCUT2D eigenvalue weighted by atomic mass is 10.2. The van der Waals surface area contributed by atoms with Gasteiger partial charge in [-0.05, 0) is 12.8 Å². The normalized spacial score (nSPS) is 23.4. The molecule has 0 aliphatic carbocycles. The van der Waals surface area contributed by atoms with Crippen molar-refractivity contribution < 1.29 is 0 Å². The van der Waals surface area contributed by atoms with Crippen molar-refractivity contribution in [2.45, 2.75) is 63.6 Å². The summed E-state index contributed by atoms with van der Waals surface area (Å²) in [5.41, 5.74) is 1.31. The van der Waals surface area contributed by atoms with Gasteiger partial charge in [0.2, 0.25) is 0 Å². The first-order valence-corrected chi connectivity index (χ1v) is 10.5. The minimum Gasteiger partial charge on any atom is -0.310 e. The van der Waals surface area contributed by atoms with Crippen LogP contribution in [0.1, 0.15) is 54.9 Å². The van der Waals surface area contributed by atoms with Gasteiger partial charge in [0, 0.05) is 34.2 Å². The third-order valence-electron chi connectivity index (χ3n) is 3.50. The molecule has 1 aromatic rings. The number of thioether (sulfide) groups is 2. The van der Waals surface area contributed by atoms with Crippen LogP contribution < -0.4 is 5.32 Å². The van der Waals surface area contributed by atoms with E-state index in [9.17, 15) is 0 Å². The van der Waals surface area contributed by atoms with E-state index in [-0.39, 0.29) is 0 Å². The van der Waals surface area contributed by atoms with Crippen molar-refractivity contribution in [1.82, 2.24) is 10.3 Å². The summed E-state index contributed by atoms with van der Waals surface area (Å²) in [4.78, 5) is 6.42. The van der Waals surface area contributed by atoms with E-state index in [1.54, 1.807) is 0 Å². The lowest BCUT2D eigenvalue weighted by Crippen LogP contribution is -2.21. The summed E-state index contributed by atoms with van der Waals surface area (Å²) in [6.07, 6.45) is 2.30. The Bertz CT molecular complexity index is 417. The second kappa shape index (κ2) is 8.06. The van der Waals surface area contributed by atoms with Crippen LogP contribution in [0.25, 0.3) is 0 Å². The van der Waals surface area contributed by atoms with Gasteiger partial charge in [0.1, 0.15) is 5.01 Å². The van der Waals surface area contributed by atoms with Crippen LogP contribution in [0.5, 0.6) is 0 Å². The van der Waals surface area contributed by atoms with Crippen LogP contribution in [0.15, 0.2) is 0 Å². The van der Waals surface area contributed by atoms with Crippen LogP contribution in [0.3, 0.4) is 0 Å². The largest absolute Gasteiger partial charge is 0.310 e. The van der Waals surface area contributed by atoms with Gasteiger partial charge in [-0.15, -0.1) is 23.1 Å². The van der Waals surface area contributed by atoms with Crippen molar-refractivity contribution in [3.63, 3.8) is 0 Å². The van der Waals surface area contributed by atoms with Gasteiger partial charge in [-0.2, -0.15) is 11.8 Å². The van der Waals surface area contributed by atoms with Gasteiger partial charge >= 0.3 is 0 Å². The summed E-state index contributed by atoms with van der Waals surface area (Å²) in [6, 6.07) is 0.535. The summed E-state index contributed by atoms with van der Waals surface area (Å²) >= 11 is 6.19. The SMILES string of the molecule is CCc1nc(C2SCCSC2CC)sc1CNC(C)C. The number of nitrogens with zero attached hydrogens (tertiary/aromatic N) is 1. The summed E-state index contributed by atoms with van der Waals surface area (Å²) in [7, 11) is 0. The van der Waals surface area contributed by atoms with Crippen molar-refractivity contribution in [3.8, 4) is 0 Å². The first kappa shape index (κ1) is 16.7. The highest BCUT2D eigenvalue weighted by Gasteiger charge is 2.29. The number of thiazole rings is 1. The molecule has 2 rings (SSSR count). The first-order valence-electron chi connectivity index (χ1n) is 7.60. The van der Waals surface area contributed by atoms with Gasteiger partial charge in [0.25, 0.3) is 0 Å². The Hall–Kier alpha value is 0.290. The Labute approximate surface area is 135 Å². The van der Waals surface area contributed by atoms with Crippen LogP contribution in [-0.4, -0.2) is 27.8 Å². The van der Waals surface area contributed by atoms with Crippen molar-refractivity contribution in [2.24, 2.45) is 0 Å². The summed E-state index contributed by atoms with van der Waals surface area (Å²) in [5.74, 6) is 2.57. The van der Waals surface area contributed by atoms with Crippen molar-refractivity contribution in [1.29, 1.82) is 0 Å². The van der Waals surface area contributed by atoms with Crippen LogP contribution >= 0.6 is 34.9 Å². The molecule has 2 nitrogen and oxygen atoms in total. The zero-order valence-corrected chi connectivity index (χ0v) is 15.4. The lowest BCUT2D eigenvalue weighted by molar-refractivity contribution is 0.590. The average Bonchev–Trinajstić information content (AvgIpc) is 2.88. The van der Waals surface area contributed by atoms with E-state index in [0.29, 0.717) is 11.3 Å². The van der Waals surface area contributed by atoms with Gasteiger partial charge in [-0.1, -0.05) is 27.7 Å². The predicted octanol–water partition coefficient (Wildman–Crippen LogP) is 4.50. The van der Waals surface area contributed by atoms with Crippen molar-refractivity contribution in [3.05, 3.63) is 15.6 Å². The second-order valence-corrected chi connectivity index (χ2v) is 9.13. The molecule has 0 saturated carbocycles. The summed E-state index contributed by atoms with van der Waals surface area (Å²) in [6.45, 7) is 9.91. The molecule has 2 atom stereocenters. The maximum atomic E-state index is 4.97. The van der Waals surface area contributed by atoms with Crippen LogP contribution in [-0.2, 0) is 13.0 Å². The Morgan fingerprint density at radius 2 is 2.00 bits per heavy atom. The highest BCUT2D eigenvalue weighted by molar-refractivity contribution is 8.06. The Balaban J connectivity index is 2.14. The molecule has 1 fully saturated rings. The van der Waals surface area contributed by atoms with Gasteiger partial charge in [0.15, 0.2) is 0 Å². The molecule has 0 bridgehead atoms. The smallest absolute Gasteiger partial charge is 0.107 e. The number of aromatic nitrogens is 1. The second-order valence-electron chi connectivity index (χ2n) is 5.42. The molecule has 1 aliphatic heterocycles. The molecule has 0 aromatic carbocycles. The van der Waals surface area contributed by atoms with E-state index in [4.69, 9.17) is 4.98 Å². The number of rotatable bonds is 6. The molecule has 1 N–H and O–H groups in total. The van der Waals surface area contributed by atoms with Gasteiger partial charge in [-0.25, -0.2) is 4.98 Å². The molecule has 0 radical (unpaired) electrons. The molecule has 1 aliphatic rings. The predicted molar refractivity (Wildman–Crippen MR) is 95.2 cm³/mol. The number of aryl methyl sites for hydroxylation is 1. The van der Waals surface area contributed by atoms with Gasteiger partial charge < -0.3 is 5.32 Å². The van der Waals surface area contributed by atoms with E-state index < -0.39 is 0 Å². The minimum absolute atomic E-state index is 0.535. The Kier molecular flexibility index (Phi) is 6.72. The fraction of sp³-hybridized carbons (Fsp3) is 0.800. The van der Waals surface area contributed by atoms with E-state index >= 15 is 0 Å². The van der Waals surface area contributed by atoms with Crippen molar-refractivity contribution in [2.75, 3.05) is 11.5 Å². The van der Waals surface area contributed by atoms with E-state index in [0.717, 1.165) is 18.2 Å². The standard InChI is InChI=1S/C15H26N2S3/c1-5-11-13(9-16-10(3)4)20-15(17-11)14-12(6-2)18-7-8-19-14/h10,12,14,16H,5-9H2,1-4H3. The molecule has 20 heavy (non-hydrogen) atoms. The van der Waals surface area contributed by atoms with Crippen LogP contribution in [0.4, 0.5) is 0 Å². The minimum atomic E-state index is 0.535. The Morgan fingerprint density at radius 3 is 2.65 bits per heavy atom. The summed E-state index contributed by atoms with van der Waals surface area (Å²) in [5, 5.41) is 6.26. The quantitative estimate of drug-likeness (QED) is 0.830. The monoisotopic (exact) mass is 330 g/mol. The van der Waals surface area contributed by atoms with Crippen LogP contribution in [0.2, 0.25) is 0 Å². The number of hydrogen-bond acceptors (Lipinski definition) is 5. The molecule has 5 heteroatoms. The average molecular weight is 331 g/mol. The Morgan fingerprint density at radius 1 is 1.25 bits per heavy atom.